The molecule has 0 aromatic carbocycles. The number of amides is 1. The van der Waals surface area contributed by atoms with E-state index in [-0.39, 0.29) is 25.5 Å². The number of carbonyl (C=O) groups excluding carboxylic acids is 1. The third-order valence-electron chi connectivity index (χ3n) is 10.5. The van der Waals surface area contributed by atoms with E-state index < -0.39 is 20.0 Å². The topological polar surface area (TPSA) is 108 Å². The maximum absolute atomic E-state index is 12.9. The average molecular weight is 861 g/mol. The van der Waals surface area contributed by atoms with Crippen LogP contribution in [0.3, 0.4) is 0 Å². The number of hydrogen-bond donors (Lipinski definition) is 2. The van der Waals surface area contributed by atoms with E-state index in [9.17, 15) is 19.4 Å². The largest absolute Gasteiger partial charge is 0.756 e. The molecule has 0 saturated carbocycles. The summed E-state index contributed by atoms with van der Waals surface area (Å²) in [5.41, 5.74) is 0. The zero-order chi connectivity index (χ0) is 44.3. The lowest BCUT2D eigenvalue weighted by molar-refractivity contribution is -0.870. The van der Waals surface area contributed by atoms with Crippen LogP contribution in [0, 0.1) is 0 Å². The van der Waals surface area contributed by atoms with Gasteiger partial charge in [0.15, 0.2) is 0 Å². The molecule has 0 radical (unpaired) electrons. The number of likely N-dealkylation sites (N-methyl/N-ethyl adjacent to an activating group) is 1. The minimum absolute atomic E-state index is 0.00479. The summed E-state index contributed by atoms with van der Waals surface area (Å²) in [6.07, 6.45) is 56.4. The fourth-order valence-electron chi connectivity index (χ4n) is 6.65. The monoisotopic (exact) mass is 861 g/mol. The molecule has 348 valence electrons. The Kier molecular flexibility index (Phi) is 40.8. The number of nitrogens with zero attached hydrogens (tertiary/aromatic N) is 1. The SMILES string of the molecule is CC/C=C\C/C=C\C/C=C\C/C=C\C/C=C\C/C=C\CCC(=O)NC(COP(=O)([O-])OCC[N+](C)(C)C)C(O)CCCCCCCCCCCCCCCCCCCCC. The molecule has 3 atom stereocenters. The molecule has 0 aromatic heterocycles. The Labute approximate surface area is 370 Å². The number of allylic oxidation sites excluding steroid dienone is 12. The number of aliphatic hydroxyl groups excluding tert-OH is 1. The first kappa shape index (κ1) is 57.9. The van der Waals surface area contributed by atoms with Crippen LogP contribution >= 0.6 is 7.82 Å². The number of carbonyl (C=O) groups is 1. The highest BCUT2D eigenvalue weighted by atomic mass is 31.2. The average Bonchev–Trinajstić information content (AvgIpc) is 3.20. The number of aliphatic hydroxyl groups is 1. The van der Waals surface area contributed by atoms with Gasteiger partial charge in [-0.1, -0.05) is 209 Å². The van der Waals surface area contributed by atoms with E-state index in [4.69, 9.17) is 9.05 Å². The second-order valence-corrected chi connectivity index (χ2v) is 18.8. The van der Waals surface area contributed by atoms with Crippen molar-refractivity contribution in [2.45, 2.75) is 206 Å². The summed E-state index contributed by atoms with van der Waals surface area (Å²) in [6, 6.07) is -0.845. The summed E-state index contributed by atoms with van der Waals surface area (Å²) in [5.74, 6) is -0.248. The summed E-state index contributed by atoms with van der Waals surface area (Å²) in [6.45, 7) is 4.55. The number of quaternary nitrogens is 1. The zero-order valence-electron chi connectivity index (χ0n) is 39.4. The second kappa shape index (κ2) is 42.3. The van der Waals surface area contributed by atoms with Crippen molar-refractivity contribution >= 4 is 13.7 Å². The third kappa shape index (κ3) is 44.0. The molecule has 0 aliphatic carbocycles. The van der Waals surface area contributed by atoms with Gasteiger partial charge in [0.25, 0.3) is 7.82 Å². The standard InChI is InChI=1S/C51H93N2O6P/c1-6-8-10-12-14-16-18-20-22-24-26-28-30-32-34-36-38-40-42-44-50(54)49(48-59-60(56,57)58-47-46-53(3,4)5)52-51(55)45-43-41-39-37-35-33-31-29-27-25-23-21-19-17-15-13-11-9-7-2/h9,11,15,17,21,23,27,29,33,35,39,41,49-50,54H,6-8,10,12-14,16,18-20,22,24-26,28,30-32,34,36-38,40,42-48H2,1-5H3,(H-,52,55,56,57)/b11-9-,17-15-,23-21-,29-27-,35-33-,41-39-. The Morgan fingerprint density at radius 2 is 0.983 bits per heavy atom. The van der Waals surface area contributed by atoms with Crippen LogP contribution in [0.4, 0.5) is 0 Å². The van der Waals surface area contributed by atoms with Crippen molar-refractivity contribution in [2.24, 2.45) is 0 Å². The lowest BCUT2D eigenvalue weighted by Crippen LogP contribution is -2.46. The first-order chi connectivity index (χ1) is 29.0. The van der Waals surface area contributed by atoms with Gasteiger partial charge in [-0.05, 0) is 51.4 Å². The van der Waals surface area contributed by atoms with E-state index in [1.165, 1.54) is 103 Å². The molecule has 0 fully saturated rings. The molecule has 2 N–H and O–H groups in total. The maximum atomic E-state index is 12.9. The van der Waals surface area contributed by atoms with Gasteiger partial charge >= 0.3 is 0 Å². The summed E-state index contributed by atoms with van der Waals surface area (Å²) in [5, 5.41) is 13.9. The van der Waals surface area contributed by atoms with Crippen molar-refractivity contribution in [3.63, 3.8) is 0 Å². The highest BCUT2D eigenvalue weighted by Gasteiger charge is 2.24. The highest BCUT2D eigenvalue weighted by molar-refractivity contribution is 7.45. The number of phosphoric ester groups is 1. The van der Waals surface area contributed by atoms with Gasteiger partial charge < -0.3 is 28.8 Å². The molecule has 9 heteroatoms. The molecule has 0 aromatic rings. The summed E-state index contributed by atoms with van der Waals surface area (Å²) in [4.78, 5) is 25.4. The zero-order valence-corrected chi connectivity index (χ0v) is 40.3. The van der Waals surface area contributed by atoms with Crippen LogP contribution in [-0.4, -0.2) is 68.5 Å². The van der Waals surface area contributed by atoms with Gasteiger partial charge in [0.05, 0.1) is 39.9 Å². The first-order valence-electron chi connectivity index (χ1n) is 24.3. The normalized spacial score (nSPS) is 14.8. The molecular weight excluding hydrogens is 768 g/mol. The molecule has 0 spiro atoms. The van der Waals surface area contributed by atoms with E-state index in [1.807, 2.05) is 33.3 Å². The Bertz CT molecular complexity index is 1200. The molecular formula is C51H93N2O6P. The van der Waals surface area contributed by atoms with Crippen LogP contribution in [0.5, 0.6) is 0 Å². The van der Waals surface area contributed by atoms with E-state index >= 15 is 0 Å². The van der Waals surface area contributed by atoms with Crippen molar-refractivity contribution in [3.8, 4) is 0 Å². The third-order valence-corrected chi connectivity index (χ3v) is 11.4. The number of rotatable bonds is 43. The van der Waals surface area contributed by atoms with E-state index in [0.717, 1.165) is 57.8 Å². The number of nitrogens with one attached hydrogen (secondary N) is 1. The Morgan fingerprint density at radius 1 is 0.600 bits per heavy atom. The lowest BCUT2D eigenvalue weighted by Gasteiger charge is -2.30. The van der Waals surface area contributed by atoms with Crippen molar-refractivity contribution < 1.29 is 32.9 Å². The fourth-order valence-corrected chi connectivity index (χ4v) is 7.37. The summed E-state index contributed by atoms with van der Waals surface area (Å²) in [7, 11) is 1.25. The number of hydrogen-bond acceptors (Lipinski definition) is 6. The predicted octanol–water partition coefficient (Wildman–Crippen LogP) is 13.3. The number of unbranched alkanes of at least 4 members (excludes halogenated alkanes) is 18. The highest BCUT2D eigenvalue weighted by Crippen LogP contribution is 2.38. The van der Waals surface area contributed by atoms with E-state index in [1.54, 1.807) is 0 Å². The lowest BCUT2D eigenvalue weighted by atomic mass is 10.0. The predicted molar refractivity (Wildman–Crippen MR) is 256 cm³/mol. The van der Waals surface area contributed by atoms with Gasteiger partial charge in [0.1, 0.15) is 13.2 Å². The molecule has 0 aliphatic rings. The van der Waals surface area contributed by atoms with Crippen molar-refractivity contribution in [3.05, 3.63) is 72.9 Å². The van der Waals surface area contributed by atoms with Crippen LogP contribution in [0.2, 0.25) is 0 Å². The molecule has 0 aliphatic heterocycles. The van der Waals surface area contributed by atoms with E-state index in [2.05, 4.69) is 79.9 Å². The molecule has 1 amide bonds. The molecule has 0 saturated heterocycles. The molecule has 3 unspecified atom stereocenters. The van der Waals surface area contributed by atoms with E-state index in [0.29, 0.717) is 23.9 Å². The molecule has 0 heterocycles. The molecule has 0 bridgehead atoms. The van der Waals surface area contributed by atoms with Crippen LogP contribution in [0.1, 0.15) is 194 Å². The van der Waals surface area contributed by atoms with Crippen molar-refractivity contribution in [1.82, 2.24) is 5.32 Å². The van der Waals surface area contributed by atoms with Crippen molar-refractivity contribution in [1.29, 1.82) is 0 Å². The molecule has 60 heavy (non-hydrogen) atoms. The Hall–Kier alpha value is -2.06. The minimum atomic E-state index is -4.59. The summed E-state index contributed by atoms with van der Waals surface area (Å²) >= 11 is 0. The molecule has 8 nitrogen and oxygen atoms in total. The van der Waals surface area contributed by atoms with Crippen molar-refractivity contribution in [2.75, 3.05) is 40.9 Å². The van der Waals surface area contributed by atoms with Gasteiger partial charge in [0.2, 0.25) is 5.91 Å². The van der Waals surface area contributed by atoms with Gasteiger partial charge in [0, 0.05) is 6.42 Å². The quantitative estimate of drug-likeness (QED) is 0.0274. The first-order valence-corrected chi connectivity index (χ1v) is 25.7. The van der Waals surface area contributed by atoms with Gasteiger partial charge in [-0.25, -0.2) is 0 Å². The number of phosphoric acid groups is 1. The second-order valence-electron chi connectivity index (χ2n) is 17.4. The maximum Gasteiger partial charge on any atom is 0.268 e. The van der Waals surface area contributed by atoms with Gasteiger partial charge in [-0.15, -0.1) is 0 Å². The van der Waals surface area contributed by atoms with Crippen LogP contribution in [-0.2, 0) is 18.4 Å². The van der Waals surface area contributed by atoms with Crippen LogP contribution in [0.15, 0.2) is 72.9 Å². The van der Waals surface area contributed by atoms with Crippen LogP contribution < -0.4 is 10.2 Å². The molecule has 0 rings (SSSR count). The van der Waals surface area contributed by atoms with Crippen LogP contribution in [0.25, 0.3) is 0 Å². The smallest absolute Gasteiger partial charge is 0.268 e. The Morgan fingerprint density at radius 3 is 1.38 bits per heavy atom. The van der Waals surface area contributed by atoms with Gasteiger partial charge in [-0.2, -0.15) is 0 Å². The minimum Gasteiger partial charge on any atom is -0.756 e. The van der Waals surface area contributed by atoms with Gasteiger partial charge in [-0.3, -0.25) is 9.36 Å². The Balaban J connectivity index is 4.44. The fraction of sp³-hybridized carbons (Fsp3) is 0.745. The summed E-state index contributed by atoms with van der Waals surface area (Å²) < 4.78 is 23.3.